The molecule has 1 amide bonds. The second kappa shape index (κ2) is 5.52. The minimum absolute atomic E-state index is 0.109. The molecule has 0 aliphatic heterocycles. The number of aryl methyl sites for hydroxylation is 2. The van der Waals surface area contributed by atoms with Gasteiger partial charge < -0.3 is 10.3 Å². The van der Waals surface area contributed by atoms with Gasteiger partial charge >= 0.3 is 0 Å². The second-order valence-electron chi connectivity index (χ2n) is 5.12. The average Bonchev–Trinajstić information content (AvgIpc) is 2.69. The molecular weight excluding hydrogens is 271 g/mol. The summed E-state index contributed by atoms with van der Waals surface area (Å²) in [4.78, 5) is 26.7. The lowest BCUT2D eigenvalue weighted by atomic mass is 10.1. The van der Waals surface area contributed by atoms with Gasteiger partial charge in [0.15, 0.2) is 5.78 Å². The number of benzene rings is 1. The fourth-order valence-corrected chi connectivity index (χ4v) is 2.42. The van der Waals surface area contributed by atoms with Gasteiger partial charge in [0.2, 0.25) is 0 Å². The standard InChI is InChI=1S/C16H17FN2O2/c1-8-5-6-12(17)13(7-8)19-16(21)15-9(2)14(11(4)20)10(3)18-15/h5-7,18H,1-4H3,(H,19,21). The van der Waals surface area contributed by atoms with Crippen molar-refractivity contribution in [2.75, 3.05) is 5.32 Å². The number of rotatable bonds is 3. The molecule has 0 bridgehead atoms. The van der Waals surface area contributed by atoms with Crippen molar-refractivity contribution in [3.8, 4) is 0 Å². The molecule has 1 heterocycles. The molecule has 110 valence electrons. The van der Waals surface area contributed by atoms with Gasteiger partial charge in [-0.25, -0.2) is 4.39 Å². The average molecular weight is 288 g/mol. The summed E-state index contributed by atoms with van der Waals surface area (Å²) in [5, 5.41) is 2.53. The third-order valence-electron chi connectivity index (χ3n) is 3.39. The number of hydrogen-bond acceptors (Lipinski definition) is 2. The van der Waals surface area contributed by atoms with Gasteiger partial charge in [-0.1, -0.05) is 6.07 Å². The first kappa shape index (κ1) is 15.0. The summed E-state index contributed by atoms with van der Waals surface area (Å²) in [6.45, 7) is 6.69. The number of nitrogens with one attached hydrogen (secondary N) is 2. The van der Waals surface area contributed by atoms with Gasteiger partial charge in [-0.3, -0.25) is 9.59 Å². The summed E-state index contributed by atoms with van der Waals surface area (Å²) in [5.74, 6) is -1.07. The maximum absolute atomic E-state index is 13.7. The molecule has 2 rings (SSSR count). The molecule has 0 saturated heterocycles. The van der Waals surface area contributed by atoms with E-state index in [1.165, 1.54) is 13.0 Å². The zero-order valence-corrected chi connectivity index (χ0v) is 12.4. The zero-order chi connectivity index (χ0) is 15.7. The molecule has 4 nitrogen and oxygen atoms in total. The molecule has 0 aliphatic rings. The first-order valence-electron chi connectivity index (χ1n) is 6.59. The molecule has 0 unspecified atom stereocenters. The zero-order valence-electron chi connectivity index (χ0n) is 12.4. The Morgan fingerprint density at radius 2 is 1.86 bits per heavy atom. The number of anilines is 1. The normalized spacial score (nSPS) is 10.5. The van der Waals surface area contributed by atoms with Crippen LogP contribution in [0.25, 0.3) is 0 Å². The molecular formula is C16H17FN2O2. The number of hydrogen-bond donors (Lipinski definition) is 2. The number of carbonyl (C=O) groups is 2. The maximum Gasteiger partial charge on any atom is 0.272 e. The van der Waals surface area contributed by atoms with Gasteiger partial charge in [-0.05, 0) is 51.0 Å². The van der Waals surface area contributed by atoms with Crippen LogP contribution in [0.4, 0.5) is 10.1 Å². The van der Waals surface area contributed by atoms with Crippen LogP contribution in [0.5, 0.6) is 0 Å². The van der Waals surface area contributed by atoms with Crippen molar-refractivity contribution in [2.45, 2.75) is 27.7 Å². The number of aromatic nitrogens is 1. The third-order valence-corrected chi connectivity index (χ3v) is 3.39. The smallest absolute Gasteiger partial charge is 0.272 e. The number of amides is 1. The van der Waals surface area contributed by atoms with E-state index in [1.807, 2.05) is 6.92 Å². The predicted octanol–water partition coefficient (Wildman–Crippen LogP) is 3.53. The summed E-state index contributed by atoms with van der Waals surface area (Å²) in [6, 6.07) is 4.49. The highest BCUT2D eigenvalue weighted by atomic mass is 19.1. The molecule has 2 aromatic rings. The second-order valence-corrected chi connectivity index (χ2v) is 5.12. The van der Waals surface area contributed by atoms with E-state index in [0.29, 0.717) is 16.8 Å². The third kappa shape index (κ3) is 2.86. The first-order valence-corrected chi connectivity index (χ1v) is 6.59. The minimum atomic E-state index is -0.498. The molecule has 0 spiro atoms. The number of aromatic amines is 1. The van der Waals surface area contributed by atoms with Crippen LogP contribution in [-0.2, 0) is 0 Å². The molecule has 5 heteroatoms. The Labute approximate surface area is 122 Å². The molecule has 0 atom stereocenters. The van der Waals surface area contributed by atoms with E-state index >= 15 is 0 Å². The van der Waals surface area contributed by atoms with Gasteiger partial charge in [0.1, 0.15) is 11.5 Å². The van der Waals surface area contributed by atoms with E-state index in [9.17, 15) is 14.0 Å². The Morgan fingerprint density at radius 3 is 2.43 bits per heavy atom. The van der Waals surface area contributed by atoms with Crippen molar-refractivity contribution in [1.82, 2.24) is 4.98 Å². The topological polar surface area (TPSA) is 62.0 Å². The molecule has 1 aromatic carbocycles. The summed E-state index contributed by atoms with van der Waals surface area (Å²) < 4.78 is 13.7. The Morgan fingerprint density at radius 1 is 1.19 bits per heavy atom. The Hall–Kier alpha value is -2.43. The first-order chi connectivity index (χ1) is 9.81. The minimum Gasteiger partial charge on any atom is -0.354 e. The molecule has 1 aromatic heterocycles. The fourth-order valence-electron chi connectivity index (χ4n) is 2.42. The summed E-state index contributed by atoms with van der Waals surface area (Å²) >= 11 is 0. The number of H-pyrrole nitrogens is 1. The van der Waals surface area contributed by atoms with Crippen molar-refractivity contribution in [3.05, 3.63) is 52.1 Å². The fraction of sp³-hybridized carbons (Fsp3) is 0.250. The van der Waals surface area contributed by atoms with Crippen molar-refractivity contribution >= 4 is 17.4 Å². The van der Waals surface area contributed by atoms with Crippen molar-refractivity contribution in [1.29, 1.82) is 0 Å². The molecule has 0 radical (unpaired) electrons. The number of halogens is 1. The molecule has 0 aliphatic carbocycles. The summed E-state index contributed by atoms with van der Waals surface area (Å²) in [5.41, 5.74) is 2.95. The Balaban J connectivity index is 2.35. The monoisotopic (exact) mass is 288 g/mol. The van der Waals surface area contributed by atoms with E-state index in [4.69, 9.17) is 0 Å². The number of carbonyl (C=O) groups excluding carboxylic acids is 2. The van der Waals surface area contributed by atoms with Gasteiger partial charge in [0.05, 0.1) is 5.69 Å². The number of ketones is 1. The quantitative estimate of drug-likeness (QED) is 0.849. The van der Waals surface area contributed by atoms with Crippen LogP contribution >= 0.6 is 0 Å². The van der Waals surface area contributed by atoms with Crippen LogP contribution in [0.1, 0.15) is 44.6 Å². The van der Waals surface area contributed by atoms with Crippen LogP contribution in [0.2, 0.25) is 0 Å². The van der Waals surface area contributed by atoms with Gasteiger partial charge in [-0.15, -0.1) is 0 Å². The predicted molar refractivity (Wildman–Crippen MR) is 79.4 cm³/mol. The summed E-state index contributed by atoms with van der Waals surface area (Å²) in [7, 11) is 0. The molecule has 21 heavy (non-hydrogen) atoms. The van der Waals surface area contributed by atoms with Crippen LogP contribution < -0.4 is 5.32 Å². The van der Waals surface area contributed by atoms with E-state index in [1.54, 1.807) is 26.0 Å². The molecule has 0 saturated carbocycles. The van der Waals surface area contributed by atoms with E-state index in [2.05, 4.69) is 10.3 Å². The lowest BCUT2D eigenvalue weighted by molar-refractivity contribution is 0.101. The number of Topliss-reactive ketones (excluding diaryl/α,β-unsaturated/α-hetero) is 1. The highest BCUT2D eigenvalue weighted by Gasteiger charge is 2.20. The van der Waals surface area contributed by atoms with Crippen molar-refractivity contribution in [3.63, 3.8) is 0 Å². The van der Waals surface area contributed by atoms with Gasteiger partial charge in [0.25, 0.3) is 5.91 Å². The van der Waals surface area contributed by atoms with Crippen molar-refractivity contribution < 1.29 is 14.0 Å². The molecule has 2 N–H and O–H groups in total. The van der Waals surface area contributed by atoms with E-state index in [-0.39, 0.29) is 17.2 Å². The maximum atomic E-state index is 13.7. The highest BCUT2D eigenvalue weighted by molar-refractivity contribution is 6.07. The Bertz CT molecular complexity index is 732. The summed E-state index contributed by atoms with van der Waals surface area (Å²) in [6.07, 6.45) is 0. The van der Waals surface area contributed by atoms with Crippen LogP contribution in [0, 0.1) is 26.6 Å². The van der Waals surface area contributed by atoms with E-state index in [0.717, 1.165) is 5.56 Å². The SMILES string of the molecule is CC(=O)c1c(C)[nH]c(C(=O)Nc2cc(C)ccc2F)c1C. The van der Waals surface area contributed by atoms with Crippen LogP contribution in [0.15, 0.2) is 18.2 Å². The van der Waals surface area contributed by atoms with Crippen LogP contribution in [0.3, 0.4) is 0 Å². The Kier molecular flexibility index (Phi) is 3.93. The van der Waals surface area contributed by atoms with Gasteiger partial charge in [-0.2, -0.15) is 0 Å². The van der Waals surface area contributed by atoms with Gasteiger partial charge in [0, 0.05) is 11.3 Å². The van der Waals surface area contributed by atoms with Crippen molar-refractivity contribution in [2.24, 2.45) is 0 Å². The highest BCUT2D eigenvalue weighted by Crippen LogP contribution is 2.21. The van der Waals surface area contributed by atoms with E-state index < -0.39 is 11.7 Å². The van der Waals surface area contributed by atoms with Crippen LogP contribution in [-0.4, -0.2) is 16.7 Å². The lowest BCUT2D eigenvalue weighted by Gasteiger charge is -2.07. The lowest BCUT2D eigenvalue weighted by Crippen LogP contribution is -2.15. The largest absolute Gasteiger partial charge is 0.354 e. The molecule has 0 fully saturated rings.